The molecule has 0 radical (unpaired) electrons. The summed E-state index contributed by atoms with van der Waals surface area (Å²) in [6, 6.07) is 7.46. The van der Waals surface area contributed by atoms with Gasteiger partial charge >= 0.3 is 5.97 Å². The van der Waals surface area contributed by atoms with Crippen molar-refractivity contribution < 1.29 is 69.2 Å². The molecule has 79 heavy (non-hydrogen) atoms. The van der Waals surface area contributed by atoms with Crippen molar-refractivity contribution in [2.24, 2.45) is 23.7 Å². The summed E-state index contributed by atoms with van der Waals surface area (Å²) in [6.45, 7) is 8.26. The Morgan fingerprint density at radius 2 is 1.43 bits per heavy atom. The number of halogens is 1. The zero-order valence-corrected chi connectivity index (χ0v) is 45.3. The fourth-order valence-electron chi connectivity index (χ4n) is 10.5. The normalized spacial score (nSPS) is 29.9. The number of ether oxygens (including phenoxy) is 1. The van der Waals surface area contributed by atoms with E-state index in [-0.39, 0.29) is 61.8 Å². The molecule has 3 heterocycles. The van der Waals surface area contributed by atoms with E-state index in [2.05, 4.69) is 31.9 Å². The molecular weight excluding hydrogens is 1050 g/mol. The van der Waals surface area contributed by atoms with Crippen molar-refractivity contribution in [1.29, 1.82) is 0 Å². The minimum atomic E-state index is -1.90. The zero-order chi connectivity index (χ0) is 57.4. The molecule has 7 rings (SSSR count). The van der Waals surface area contributed by atoms with Gasteiger partial charge in [-0.1, -0.05) is 112 Å². The number of esters is 1. The number of hydrogen-bond donors (Lipinski definition) is 11. The van der Waals surface area contributed by atoms with Gasteiger partial charge in [0.15, 0.2) is 0 Å². The highest BCUT2D eigenvalue weighted by atomic mass is 35.5. The fraction of sp³-hybridized carbons (Fsp3) is 0.519. The predicted octanol–water partition coefficient (Wildman–Crippen LogP) is -0.167. The van der Waals surface area contributed by atoms with Crippen LogP contribution in [0.25, 0.3) is 0 Å². The highest BCUT2D eigenvalue weighted by Gasteiger charge is 2.50. The Hall–Kier alpha value is -6.93. The molecule has 11 N–H and O–H groups in total. The molecule has 2 aliphatic heterocycles. The number of benzene rings is 2. The lowest BCUT2D eigenvalue weighted by atomic mass is 9.91. The number of quaternary nitrogens is 2. The van der Waals surface area contributed by atoms with E-state index in [9.17, 15) is 50.0 Å². The fourth-order valence-corrected chi connectivity index (χ4v) is 10.7. The van der Waals surface area contributed by atoms with Crippen molar-refractivity contribution >= 4 is 58.9 Å². The van der Waals surface area contributed by atoms with E-state index in [1.807, 2.05) is 13.0 Å². The van der Waals surface area contributed by atoms with Gasteiger partial charge in [0.2, 0.25) is 35.4 Å². The van der Waals surface area contributed by atoms with Gasteiger partial charge in [-0.2, -0.15) is 4.73 Å². The maximum atomic E-state index is 15.2. The molecule has 25 heteroatoms. The van der Waals surface area contributed by atoms with Crippen molar-refractivity contribution in [1.82, 2.24) is 41.5 Å². The van der Waals surface area contributed by atoms with Gasteiger partial charge in [-0.05, 0) is 68.2 Å². The molecular formula is C54H71ClN10O14. The highest BCUT2D eigenvalue weighted by Crippen LogP contribution is 2.34. The van der Waals surface area contributed by atoms with Gasteiger partial charge in [-0.15, -0.1) is 0 Å². The summed E-state index contributed by atoms with van der Waals surface area (Å²) in [6.07, 6.45) is 2.20. The van der Waals surface area contributed by atoms with Gasteiger partial charge in [-0.25, -0.2) is 25.7 Å². The minimum Gasteiger partial charge on any atom is -0.600 e. The number of hydrogen-bond acceptors (Lipinski definition) is 14. The second kappa shape index (κ2) is 26.4. The molecule has 4 fully saturated rings. The van der Waals surface area contributed by atoms with Crippen LogP contribution in [-0.4, -0.2) is 140 Å². The van der Waals surface area contributed by atoms with E-state index in [4.69, 9.17) is 16.3 Å². The summed E-state index contributed by atoms with van der Waals surface area (Å²) in [5, 5.41) is 68.0. The number of nitrogens with zero attached hydrogens (tertiary/aromatic N) is 2. The van der Waals surface area contributed by atoms with Crippen LogP contribution in [0.4, 0.5) is 0 Å². The lowest BCUT2D eigenvalue weighted by molar-refractivity contribution is -1.06. The van der Waals surface area contributed by atoms with E-state index >= 15 is 14.4 Å². The summed E-state index contributed by atoms with van der Waals surface area (Å²) in [7, 11) is 0. The lowest BCUT2D eigenvalue weighted by Crippen LogP contribution is -3.06. The lowest BCUT2D eigenvalue weighted by Gasteiger charge is -2.33. The number of amides is 7. The Kier molecular flexibility index (Phi) is 19.9. The van der Waals surface area contributed by atoms with Crippen molar-refractivity contribution in [3.63, 3.8) is 0 Å². The average molecular weight is 1120 g/mol. The minimum absolute atomic E-state index is 0.0142. The number of cyclic esters (lactones) is 1. The van der Waals surface area contributed by atoms with E-state index in [0.717, 1.165) is 0 Å². The molecule has 17 atom stereocenters. The average Bonchev–Trinajstić information content (AvgIpc) is 4.35. The third kappa shape index (κ3) is 14.9. The van der Waals surface area contributed by atoms with Crippen LogP contribution in [0.15, 0.2) is 84.9 Å². The van der Waals surface area contributed by atoms with Gasteiger partial charge in [0, 0.05) is 43.6 Å². The largest absolute Gasteiger partial charge is 0.600 e. The number of nitrogens with one attached hydrogen (secondary N) is 8. The second-order valence-corrected chi connectivity index (χ2v) is 21.6. The number of hydroxylamine groups is 4. The Balaban J connectivity index is 1.32. The molecule has 4 aliphatic rings. The third-order valence-electron chi connectivity index (χ3n) is 15.7. The molecule has 2 saturated carbocycles. The molecule has 428 valence electrons. The SMILES string of the molecule is C/C=C\[C@H]1C[C@H]2C(=O)O[C@H](C)[C@@H](NC(=O)[C@H](C[C@H]3C[C@@H]3[NH+]([O-])O)NC(=O)c3ccc(Cl)n3O)C(=O)N[C@@H]([C@H](C)c3ccccc3)C(=O)N[C@H](C[C@@H]3C[C@H]3[NH+]([O-])O)C(=O)N[C@@H](Cc3ccccc3)C(=O)N[C@@H]([C@@H](C)CC)C(=O)N2C1. The first-order chi connectivity index (χ1) is 37.6. The van der Waals surface area contributed by atoms with E-state index in [1.165, 1.54) is 24.0 Å². The van der Waals surface area contributed by atoms with Crippen LogP contribution < -0.4 is 42.4 Å². The van der Waals surface area contributed by atoms with E-state index in [0.29, 0.717) is 22.3 Å². The van der Waals surface area contributed by atoms with Gasteiger partial charge in [-0.3, -0.25) is 33.6 Å². The van der Waals surface area contributed by atoms with Crippen molar-refractivity contribution in [2.75, 3.05) is 6.54 Å². The molecule has 7 amide bonds. The standard InChI is InChI=1S/C54H71ClN10O14/c1-6-14-32-22-42-54(73)79-30(5)46(61-49(68)38(24-35-26-41(35)65(77)78)57-50(69)39-19-20-43(55)63(39)74)52(71)60-45(29(4)33-17-12-9-13-18-33)51(70)58-37(23-34-25-40(34)64(75)76)47(66)56-36(21-31-15-10-8-11-16-31)48(67)59-44(28(3)7-2)53(72)62(42)27-32/h6,8-20,28-30,32,34-38,40-42,44-46,64-65,74-75,77H,7,21-27H2,1-5H3,(H,56,66)(H,57,69)(H,58,70)(H,59,67)(H,60,71)(H,61,68)/b14-6-/t28-,29+,30+,32-,34+,35-,36-,37+,38-,40+,41-,42-,44-,45-,46+/m0/s1. The zero-order valence-electron chi connectivity index (χ0n) is 44.5. The topological polar surface area (TPSA) is 342 Å². The van der Waals surface area contributed by atoms with Crippen LogP contribution in [0.1, 0.15) is 101 Å². The number of carbonyl (C=O) groups is 8. The van der Waals surface area contributed by atoms with Crippen LogP contribution in [0.2, 0.25) is 5.15 Å². The summed E-state index contributed by atoms with van der Waals surface area (Å²) < 4.78 is 6.45. The molecule has 3 aromatic rings. The summed E-state index contributed by atoms with van der Waals surface area (Å²) in [4.78, 5) is 119. The molecule has 0 bridgehead atoms. The molecule has 2 unspecified atom stereocenters. The summed E-state index contributed by atoms with van der Waals surface area (Å²) in [5.74, 6) is -10.3. The van der Waals surface area contributed by atoms with E-state index < -0.39 is 142 Å². The quantitative estimate of drug-likeness (QED) is 0.0362. The molecule has 24 nitrogen and oxygen atoms in total. The number of fused-ring (bicyclic) bond motifs is 1. The number of allylic oxidation sites excluding steroid dienone is 1. The summed E-state index contributed by atoms with van der Waals surface area (Å²) in [5.41, 5.74) is 0.774. The Labute approximate surface area is 461 Å². The van der Waals surface area contributed by atoms with Crippen molar-refractivity contribution in [3.05, 3.63) is 117 Å². The van der Waals surface area contributed by atoms with Gasteiger partial charge < -0.3 is 57.2 Å². The van der Waals surface area contributed by atoms with Crippen LogP contribution in [0.3, 0.4) is 0 Å². The highest BCUT2D eigenvalue weighted by molar-refractivity contribution is 6.30. The summed E-state index contributed by atoms with van der Waals surface area (Å²) >= 11 is 5.99. The van der Waals surface area contributed by atoms with Crippen LogP contribution in [0, 0.1) is 34.1 Å². The molecule has 1 aromatic heterocycles. The molecule has 2 aromatic carbocycles. The predicted molar refractivity (Wildman–Crippen MR) is 281 cm³/mol. The van der Waals surface area contributed by atoms with Crippen molar-refractivity contribution in [3.8, 4) is 0 Å². The van der Waals surface area contributed by atoms with Gasteiger partial charge in [0.25, 0.3) is 5.91 Å². The van der Waals surface area contributed by atoms with Crippen LogP contribution >= 0.6 is 11.6 Å². The maximum absolute atomic E-state index is 15.2. The maximum Gasteiger partial charge on any atom is 0.329 e. The van der Waals surface area contributed by atoms with Crippen LogP contribution in [0.5, 0.6) is 0 Å². The molecule has 2 aliphatic carbocycles. The first kappa shape index (κ1) is 59.7. The molecule has 0 spiro atoms. The second-order valence-electron chi connectivity index (χ2n) is 21.3. The Morgan fingerprint density at radius 1 is 0.823 bits per heavy atom. The Morgan fingerprint density at radius 3 is 2.03 bits per heavy atom. The smallest absolute Gasteiger partial charge is 0.329 e. The van der Waals surface area contributed by atoms with Gasteiger partial charge in [0.1, 0.15) is 71.3 Å². The number of rotatable bonds is 17. The van der Waals surface area contributed by atoms with E-state index in [1.54, 1.807) is 87.5 Å². The number of aromatic nitrogens is 1. The molecule has 2 saturated heterocycles. The first-order valence-corrected chi connectivity index (χ1v) is 27.1. The van der Waals surface area contributed by atoms with Gasteiger partial charge in [0.05, 0.1) is 0 Å². The first-order valence-electron chi connectivity index (χ1n) is 26.7. The Bertz CT molecular complexity index is 2710. The number of carbonyl (C=O) groups excluding carboxylic acids is 8. The third-order valence-corrected chi connectivity index (χ3v) is 15.9. The monoisotopic (exact) mass is 1120 g/mol. The van der Waals surface area contributed by atoms with Crippen LogP contribution in [-0.2, 0) is 44.7 Å². The van der Waals surface area contributed by atoms with Crippen molar-refractivity contribution in [2.45, 2.75) is 146 Å².